The summed E-state index contributed by atoms with van der Waals surface area (Å²) < 4.78 is 42.6. The second-order valence-electron chi connectivity index (χ2n) is 11.6. The molecule has 3 atom stereocenters. The number of halogens is 3. The number of nitrogens with zero attached hydrogens (tertiary/aromatic N) is 2. The molecule has 3 saturated heterocycles. The Morgan fingerprint density at radius 2 is 1.36 bits per heavy atom. The Balaban J connectivity index is 0.000000752. The maximum atomic E-state index is 12.4. The van der Waals surface area contributed by atoms with E-state index in [1.807, 2.05) is 67.6 Å². The number of aliphatic hydroxyl groups excluding tert-OH is 1. The highest BCUT2D eigenvalue weighted by Crippen LogP contribution is 2.37. The lowest BCUT2D eigenvalue weighted by Gasteiger charge is -2.38. The molecule has 3 unspecified atom stereocenters. The van der Waals surface area contributed by atoms with Crippen molar-refractivity contribution in [1.29, 1.82) is 0 Å². The van der Waals surface area contributed by atoms with Crippen molar-refractivity contribution in [1.82, 2.24) is 9.80 Å². The van der Waals surface area contributed by atoms with Gasteiger partial charge in [-0.1, -0.05) is 60.7 Å². The summed E-state index contributed by atoms with van der Waals surface area (Å²) in [5.74, 6) is -0.925. The van der Waals surface area contributed by atoms with Gasteiger partial charge >= 0.3 is 22.3 Å². The van der Waals surface area contributed by atoms with Gasteiger partial charge in [-0.25, -0.2) is 0 Å². The Morgan fingerprint density at radius 1 is 0.894 bits per heavy atom. The summed E-state index contributed by atoms with van der Waals surface area (Å²) in [5, 5.41) is 9.53. The van der Waals surface area contributed by atoms with Crippen LogP contribution >= 0.6 is 37.2 Å². The van der Waals surface area contributed by atoms with Crippen LogP contribution in [0.1, 0.15) is 62.5 Å². The van der Waals surface area contributed by atoms with Gasteiger partial charge in [-0.05, 0) is 83.8 Å². The normalized spacial score (nSPS) is 22.1. The van der Waals surface area contributed by atoms with Crippen molar-refractivity contribution in [2.24, 2.45) is 0 Å². The molecule has 15 heteroatoms. The van der Waals surface area contributed by atoms with E-state index in [-0.39, 0.29) is 61.9 Å². The monoisotopic (exact) mass is 742 g/mol. The van der Waals surface area contributed by atoms with E-state index in [9.17, 15) is 14.7 Å². The second kappa shape index (κ2) is 21.2. The first-order chi connectivity index (χ1) is 20.9. The Bertz CT molecular complexity index is 1280. The summed E-state index contributed by atoms with van der Waals surface area (Å²) in [6.07, 6.45) is 5.94. The molecule has 268 valence electrons. The Morgan fingerprint density at radius 3 is 1.81 bits per heavy atom. The summed E-state index contributed by atoms with van der Waals surface area (Å²) >= 11 is 0. The second-order valence-corrected chi connectivity index (χ2v) is 12.5. The molecule has 3 aliphatic heterocycles. The van der Waals surface area contributed by atoms with Crippen LogP contribution in [0.2, 0.25) is 0 Å². The van der Waals surface area contributed by atoms with Crippen molar-refractivity contribution in [3.63, 3.8) is 0 Å². The predicted octanol–water partition coefficient (Wildman–Crippen LogP) is 4.76. The molecular formula is C32H49Cl3N2O9S. The van der Waals surface area contributed by atoms with Gasteiger partial charge in [0, 0.05) is 12.1 Å². The molecule has 0 aliphatic carbocycles. The van der Waals surface area contributed by atoms with E-state index in [0.29, 0.717) is 18.7 Å². The number of fused-ring (bicyclic) bond motifs is 2. The molecule has 2 aromatic rings. The van der Waals surface area contributed by atoms with Crippen molar-refractivity contribution in [2.75, 3.05) is 40.4 Å². The predicted molar refractivity (Wildman–Crippen MR) is 187 cm³/mol. The van der Waals surface area contributed by atoms with Crippen LogP contribution in [0.15, 0.2) is 60.7 Å². The summed E-state index contributed by atoms with van der Waals surface area (Å²) in [5.41, 5.74) is 1.47. The number of carbonyl (C=O) groups excluding carboxylic acids is 2. The SMILES string of the molecule is CCOC(=O)C1(c2ccccc2)CCN(C)CC1.CN1C2CCC1CC(OC(=O)C(CO)c1ccccc1)C2.Cl.Cl.Cl.O=S(=O)(O)O. The zero-order valence-electron chi connectivity index (χ0n) is 27.0. The quantitative estimate of drug-likeness (QED) is 0.266. The highest BCUT2D eigenvalue weighted by atomic mass is 35.5. The molecule has 0 spiro atoms. The minimum atomic E-state index is -4.67. The average Bonchev–Trinajstić information content (AvgIpc) is 3.18. The van der Waals surface area contributed by atoms with Crippen molar-refractivity contribution < 1.29 is 41.7 Å². The largest absolute Gasteiger partial charge is 0.465 e. The molecule has 11 nitrogen and oxygen atoms in total. The Kier molecular flexibility index (Phi) is 20.3. The molecular weight excluding hydrogens is 695 g/mol. The van der Waals surface area contributed by atoms with Crippen molar-refractivity contribution in [3.05, 3.63) is 71.8 Å². The van der Waals surface area contributed by atoms with E-state index < -0.39 is 21.7 Å². The van der Waals surface area contributed by atoms with Gasteiger partial charge in [-0.3, -0.25) is 18.7 Å². The molecule has 3 heterocycles. The number of hydrogen-bond acceptors (Lipinski definition) is 9. The highest BCUT2D eigenvalue weighted by Gasteiger charge is 2.43. The van der Waals surface area contributed by atoms with Gasteiger partial charge in [-0.15, -0.1) is 37.2 Å². The minimum absolute atomic E-state index is 0. The fourth-order valence-electron chi connectivity index (χ4n) is 6.34. The van der Waals surface area contributed by atoms with E-state index in [0.717, 1.165) is 49.9 Å². The molecule has 3 aliphatic rings. The third-order valence-corrected chi connectivity index (χ3v) is 8.84. The molecule has 0 saturated carbocycles. The van der Waals surface area contributed by atoms with Gasteiger partial charge in [0.05, 0.1) is 18.6 Å². The fraction of sp³-hybridized carbons (Fsp3) is 0.562. The van der Waals surface area contributed by atoms with E-state index in [1.54, 1.807) is 0 Å². The summed E-state index contributed by atoms with van der Waals surface area (Å²) in [7, 11) is -0.402. The number of carbonyl (C=O) groups is 2. The maximum Gasteiger partial charge on any atom is 0.394 e. The number of hydrogen-bond donors (Lipinski definition) is 3. The van der Waals surface area contributed by atoms with Crippen LogP contribution in [-0.2, 0) is 34.9 Å². The Hall–Kier alpha value is -2.00. The van der Waals surface area contributed by atoms with Gasteiger partial charge in [0.1, 0.15) is 12.0 Å². The van der Waals surface area contributed by atoms with Crippen LogP contribution in [0.3, 0.4) is 0 Å². The highest BCUT2D eigenvalue weighted by molar-refractivity contribution is 7.79. The molecule has 0 amide bonds. The van der Waals surface area contributed by atoms with Crippen LogP contribution in [0, 0.1) is 0 Å². The van der Waals surface area contributed by atoms with E-state index in [2.05, 4.69) is 23.9 Å². The first kappa shape index (κ1) is 45.0. The zero-order chi connectivity index (χ0) is 32.3. The summed E-state index contributed by atoms with van der Waals surface area (Å²) in [6.45, 7) is 3.98. The van der Waals surface area contributed by atoms with Gasteiger partial charge in [0.15, 0.2) is 0 Å². The number of ether oxygens (including phenoxy) is 2. The molecule has 47 heavy (non-hydrogen) atoms. The van der Waals surface area contributed by atoms with Gasteiger partial charge in [0.2, 0.25) is 0 Å². The number of piperidine rings is 2. The lowest BCUT2D eigenvalue weighted by Crippen LogP contribution is -2.47. The van der Waals surface area contributed by atoms with Crippen LogP contribution in [0.25, 0.3) is 0 Å². The first-order valence-electron chi connectivity index (χ1n) is 15.1. The lowest BCUT2D eigenvalue weighted by molar-refractivity contribution is -0.155. The summed E-state index contributed by atoms with van der Waals surface area (Å²) in [4.78, 5) is 29.4. The Labute approximate surface area is 297 Å². The van der Waals surface area contributed by atoms with Gasteiger partial charge in [0.25, 0.3) is 0 Å². The van der Waals surface area contributed by atoms with Gasteiger partial charge in [-0.2, -0.15) is 8.42 Å². The topological polar surface area (TPSA) is 154 Å². The number of likely N-dealkylation sites (tertiary alicyclic amines) is 1. The molecule has 0 aromatic heterocycles. The fourth-order valence-corrected chi connectivity index (χ4v) is 6.34. The minimum Gasteiger partial charge on any atom is -0.465 e. The molecule has 2 bridgehead atoms. The van der Waals surface area contributed by atoms with Gasteiger partial charge < -0.3 is 24.4 Å². The third kappa shape index (κ3) is 13.4. The molecule has 3 fully saturated rings. The molecule has 2 aromatic carbocycles. The summed E-state index contributed by atoms with van der Waals surface area (Å²) in [6, 6.07) is 20.5. The van der Waals surface area contributed by atoms with E-state index >= 15 is 0 Å². The molecule has 5 rings (SSSR count). The average molecular weight is 744 g/mol. The van der Waals surface area contributed by atoms with Crippen LogP contribution in [-0.4, -0.2) is 103 Å². The molecule has 0 radical (unpaired) electrons. The van der Waals surface area contributed by atoms with Crippen molar-refractivity contribution >= 4 is 59.6 Å². The van der Waals surface area contributed by atoms with Crippen molar-refractivity contribution in [2.45, 2.75) is 75.0 Å². The number of benzene rings is 2. The lowest BCUT2D eigenvalue weighted by atomic mass is 9.73. The molecule has 3 N–H and O–H groups in total. The van der Waals surface area contributed by atoms with Crippen LogP contribution < -0.4 is 0 Å². The smallest absolute Gasteiger partial charge is 0.394 e. The maximum absolute atomic E-state index is 12.4. The number of aliphatic hydroxyl groups is 1. The van der Waals surface area contributed by atoms with E-state index in [4.69, 9.17) is 27.0 Å². The van der Waals surface area contributed by atoms with Crippen LogP contribution in [0.4, 0.5) is 0 Å². The van der Waals surface area contributed by atoms with Crippen molar-refractivity contribution in [3.8, 4) is 0 Å². The number of rotatable bonds is 7. The standard InChI is InChI=1S/C17H23NO3.C15H21NO2.3ClH.H2O4S/c1-18-13-7-8-14(18)10-15(9-13)21-17(20)16(11-19)12-5-3-2-4-6-12;1-3-18-14(17)15(9-11-16(2)12-10-15)13-7-5-4-6-8-13;;;;1-5(2,3)4/h2-6,13-16,19H,7-11H2,1H3;4-8H,3,9-12H2,1-2H3;3*1H;(H2,1,2,3,4). The number of esters is 2. The first-order valence-corrected chi connectivity index (χ1v) is 16.5. The zero-order valence-corrected chi connectivity index (χ0v) is 30.2. The van der Waals surface area contributed by atoms with E-state index in [1.165, 1.54) is 12.8 Å². The third-order valence-electron chi connectivity index (χ3n) is 8.84. The van der Waals surface area contributed by atoms with Crippen LogP contribution in [0.5, 0.6) is 0 Å².